The Hall–Kier alpha value is -3.32. The second-order valence-corrected chi connectivity index (χ2v) is 6.85. The molecule has 0 aliphatic carbocycles. The molecule has 0 atom stereocenters. The second-order valence-electron chi connectivity index (χ2n) is 6.44. The van der Waals surface area contributed by atoms with E-state index in [0.29, 0.717) is 23.8 Å². The number of halogens is 1. The Kier molecular flexibility index (Phi) is 6.51. The van der Waals surface area contributed by atoms with Crippen molar-refractivity contribution in [3.63, 3.8) is 0 Å². The van der Waals surface area contributed by atoms with E-state index in [2.05, 4.69) is 20.6 Å². The lowest BCUT2D eigenvalue weighted by molar-refractivity contribution is -0.115. The van der Waals surface area contributed by atoms with E-state index in [0.717, 1.165) is 11.4 Å². The Morgan fingerprint density at radius 3 is 2.59 bits per heavy atom. The summed E-state index contributed by atoms with van der Waals surface area (Å²) in [6.07, 6.45) is 1.87. The highest BCUT2D eigenvalue weighted by Crippen LogP contribution is 2.29. The van der Waals surface area contributed by atoms with Crippen LogP contribution in [-0.2, 0) is 4.79 Å². The molecule has 150 valence electrons. The first kappa shape index (κ1) is 20.4. The van der Waals surface area contributed by atoms with Gasteiger partial charge in [-0.2, -0.15) is 4.98 Å². The van der Waals surface area contributed by atoms with Gasteiger partial charge in [0.15, 0.2) is 0 Å². The van der Waals surface area contributed by atoms with Crippen molar-refractivity contribution in [3.8, 4) is 11.6 Å². The Labute approximate surface area is 174 Å². The Bertz CT molecular complexity index is 993. The number of benzene rings is 2. The number of hydrogen-bond donors (Lipinski definition) is 2. The zero-order chi connectivity index (χ0) is 20.8. The van der Waals surface area contributed by atoms with Crippen LogP contribution in [0.3, 0.4) is 0 Å². The van der Waals surface area contributed by atoms with Gasteiger partial charge in [-0.1, -0.05) is 24.6 Å². The van der Waals surface area contributed by atoms with Gasteiger partial charge < -0.3 is 20.3 Å². The molecule has 7 nitrogen and oxygen atoms in total. The Balaban J connectivity index is 1.75. The van der Waals surface area contributed by atoms with E-state index in [1.54, 1.807) is 31.2 Å². The van der Waals surface area contributed by atoms with Crippen molar-refractivity contribution in [2.75, 3.05) is 29.6 Å². The normalized spacial score (nSPS) is 10.3. The predicted molar refractivity (Wildman–Crippen MR) is 117 cm³/mol. The maximum atomic E-state index is 11.6. The summed E-state index contributed by atoms with van der Waals surface area (Å²) in [6, 6.07) is 14.9. The molecule has 29 heavy (non-hydrogen) atoms. The fraction of sp³-hybridized carbons (Fsp3) is 0.190. The fourth-order valence-electron chi connectivity index (χ4n) is 2.45. The summed E-state index contributed by atoms with van der Waals surface area (Å²) in [7, 11) is 3.97. The molecule has 2 N–H and O–H groups in total. The number of aromatic nitrogens is 2. The SMILES string of the molecule is CCC(=O)Nc1cccc(Oc2nc(Nc3ccc(N(C)C)cc3)ncc2Cl)c1. The van der Waals surface area contributed by atoms with E-state index < -0.39 is 0 Å². The lowest BCUT2D eigenvalue weighted by atomic mass is 10.2. The maximum absolute atomic E-state index is 11.6. The highest BCUT2D eigenvalue weighted by molar-refractivity contribution is 6.31. The number of carbonyl (C=O) groups is 1. The van der Waals surface area contributed by atoms with Crippen molar-refractivity contribution < 1.29 is 9.53 Å². The summed E-state index contributed by atoms with van der Waals surface area (Å²) in [5, 5.41) is 6.20. The van der Waals surface area contributed by atoms with Crippen molar-refractivity contribution in [1.82, 2.24) is 9.97 Å². The van der Waals surface area contributed by atoms with Crippen LogP contribution in [0.25, 0.3) is 0 Å². The molecule has 1 heterocycles. The smallest absolute Gasteiger partial charge is 0.243 e. The third-order valence-corrected chi connectivity index (χ3v) is 4.26. The number of nitrogens with one attached hydrogen (secondary N) is 2. The second kappa shape index (κ2) is 9.25. The molecule has 0 saturated heterocycles. The average molecular weight is 412 g/mol. The molecule has 3 rings (SSSR count). The lowest BCUT2D eigenvalue weighted by Crippen LogP contribution is -2.09. The molecule has 0 spiro atoms. The number of nitrogens with zero attached hydrogens (tertiary/aromatic N) is 3. The quantitative estimate of drug-likeness (QED) is 0.564. The zero-order valence-corrected chi connectivity index (χ0v) is 17.2. The first-order valence-electron chi connectivity index (χ1n) is 9.09. The molecule has 1 aromatic heterocycles. The van der Waals surface area contributed by atoms with E-state index in [4.69, 9.17) is 16.3 Å². The molecule has 1 amide bonds. The minimum Gasteiger partial charge on any atom is -0.437 e. The molecule has 0 saturated carbocycles. The zero-order valence-electron chi connectivity index (χ0n) is 16.4. The summed E-state index contributed by atoms with van der Waals surface area (Å²) in [5.74, 6) is 1.00. The highest BCUT2D eigenvalue weighted by atomic mass is 35.5. The molecule has 0 aliphatic rings. The van der Waals surface area contributed by atoms with E-state index >= 15 is 0 Å². The van der Waals surface area contributed by atoms with Gasteiger partial charge in [-0.25, -0.2) is 4.98 Å². The van der Waals surface area contributed by atoms with Crippen molar-refractivity contribution in [2.24, 2.45) is 0 Å². The van der Waals surface area contributed by atoms with Crippen molar-refractivity contribution in [2.45, 2.75) is 13.3 Å². The third-order valence-electron chi connectivity index (χ3n) is 4.01. The van der Waals surface area contributed by atoms with Crippen LogP contribution in [0.2, 0.25) is 5.02 Å². The third kappa shape index (κ3) is 5.58. The summed E-state index contributed by atoms with van der Waals surface area (Å²) < 4.78 is 5.81. The standard InChI is InChI=1S/C21H22ClN5O2/c1-4-19(28)24-15-6-5-7-17(12-15)29-20-18(22)13-23-21(26-20)25-14-8-10-16(11-9-14)27(2)3/h5-13H,4H2,1-3H3,(H,24,28)(H,23,25,26). The largest absolute Gasteiger partial charge is 0.437 e. The number of rotatable bonds is 7. The van der Waals surface area contributed by atoms with Gasteiger partial charge in [0.1, 0.15) is 10.8 Å². The van der Waals surface area contributed by atoms with E-state index in [-0.39, 0.29) is 16.8 Å². The summed E-state index contributed by atoms with van der Waals surface area (Å²) in [4.78, 5) is 22.1. The van der Waals surface area contributed by atoms with Gasteiger partial charge in [-0.05, 0) is 36.4 Å². The van der Waals surface area contributed by atoms with Crippen molar-refractivity contribution in [3.05, 3.63) is 59.8 Å². The molecule has 0 fully saturated rings. The van der Waals surface area contributed by atoms with Gasteiger partial charge in [0.05, 0.1) is 6.20 Å². The highest BCUT2D eigenvalue weighted by Gasteiger charge is 2.10. The summed E-state index contributed by atoms with van der Waals surface area (Å²) in [6.45, 7) is 1.79. The number of anilines is 4. The van der Waals surface area contributed by atoms with Crippen LogP contribution in [0.1, 0.15) is 13.3 Å². The van der Waals surface area contributed by atoms with Crippen molar-refractivity contribution >= 4 is 40.5 Å². The van der Waals surface area contributed by atoms with Crippen molar-refractivity contribution in [1.29, 1.82) is 0 Å². The fourth-order valence-corrected chi connectivity index (χ4v) is 2.58. The van der Waals surface area contributed by atoms with Crippen LogP contribution < -0.4 is 20.3 Å². The van der Waals surface area contributed by atoms with Gasteiger partial charge in [0.2, 0.25) is 17.7 Å². The van der Waals surface area contributed by atoms with Gasteiger partial charge >= 0.3 is 0 Å². The van der Waals surface area contributed by atoms with Crippen LogP contribution in [0.15, 0.2) is 54.7 Å². The average Bonchev–Trinajstić information content (AvgIpc) is 2.71. The van der Waals surface area contributed by atoms with E-state index in [1.807, 2.05) is 43.3 Å². The van der Waals surface area contributed by atoms with Crippen LogP contribution in [0.4, 0.5) is 23.0 Å². The molecule has 0 bridgehead atoms. The van der Waals surface area contributed by atoms with Crippen LogP contribution in [-0.4, -0.2) is 30.0 Å². The Morgan fingerprint density at radius 2 is 1.90 bits per heavy atom. The van der Waals surface area contributed by atoms with E-state index in [1.165, 1.54) is 6.20 Å². The topological polar surface area (TPSA) is 79.4 Å². The number of carbonyl (C=O) groups excluding carboxylic acids is 1. The van der Waals surface area contributed by atoms with Gasteiger partial charge in [0, 0.05) is 43.6 Å². The molecular weight excluding hydrogens is 390 g/mol. The monoisotopic (exact) mass is 411 g/mol. The first-order valence-corrected chi connectivity index (χ1v) is 9.47. The maximum Gasteiger partial charge on any atom is 0.243 e. The Morgan fingerprint density at radius 1 is 1.14 bits per heavy atom. The van der Waals surface area contributed by atoms with Gasteiger partial charge in [-0.15, -0.1) is 0 Å². The predicted octanol–water partition coefficient (Wildman–Crippen LogP) is 5.08. The first-order chi connectivity index (χ1) is 13.9. The molecule has 0 unspecified atom stereocenters. The minimum atomic E-state index is -0.0750. The van der Waals surface area contributed by atoms with Crippen LogP contribution >= 0.6 is 11.6 Å². The van der Waals surface area contributed by atoms with Gasteiger partial charge in [0.25, 0.3) is 0 Å². The van der Waals surface area contributed by atoms with E-state index in [9.17, 15) is 4.79 Å². The molecule has 2 aromatic carbocycles. The van der Waals surface area contributed by atoms with Gasteiger partial charge in [-0.3, -0.25) is 4.79 Å². The lowest BCUT2D eigenvalue weighted by Gasteiger charge is -2.13. The molecular formula is C21H22ClN5O2. The molecule has 0 radical (unpaired) electrons. The number of amides is 1. The number of ether oxygens (including phenoxy) is 1. The molecule has 8 heteroatoms. The van der Waals surface area contributed by atoms with Crippen LogP contribution in [0.5, 0.6) is 11.6 Å². The number of hydrogen-bond acceptors (Lipinski definition) is 6. The minimum absolute atomic E-state index is 0.0750. The summed E-state index contributed by atoms with van der Waals surface area (Å²) >= 11 is 6.20. The molecule has 0 aliphatic heterocycles. The van der Waals surface area contributed by atoms with Crippen LogP contribution in [0, 0.1) is 0 Å². The molecule has 3 aromatic rings. The summed E-state index contributed by atoms with van der Waals surface area (Å²) in [5.41, 5.74) is 2.57.